The van der Waals surface area contributed by atoms with E-state index in [1.807, 2.05) is 0 Å². The van der Waals surface area contributed by atoms with Gasteiger partial charge in [-0.1, -0.05) is 6.08 Å². The summed E-state index contributed by atoms with van der Waals surface area (Å²) in [6, 6.07) is 0. The number of hydrogen-bond donors (Lipinski definition) is 2. The van der Waals surface area contributed by atoms with E-state index in [9.17, 15) is 9.59 Å². The molecule has 1 atom stereocenters. The SMILES string of the molecule is CC(C)(C)OC(=O)C1(C(=O)O)CC=CN1. The molecule has 0 radical (unpaired) electrons. The Morgan fingerprint density at radius 3 is 2.40 bits per heavy atom. The zero-order valence-electron chi connectivity index (χ0n) is 9.03. The van der Waals surface area contributed by atoms with Crippen molar-refractivity contribution in [2.75, 3.05) is 0 Å². The van der Waals surface area contributed by atoms with Gasteiger partial charge in [-0.05, 0) is 27.0 Å². The molecule has 0 bridgehead atoms. The maximum Gasteiger partial charge on any atom is 0.344 e. The van der Waals surface area contributed by atoms with Crippen LogP contribution in [0.2, 0.25) is 0 Å². The molecule has 1 heterocycles. The topological polar surface area (TPSA) is 75.6 Å². The van der Waals surface area contributed by atoms with Crippen LogP contribution in [0.4, 0.5) is 0 Å². The van der Waals surface area contributed by atoms with Crippen LogP contribution >= 0.6 is 0 Å². The van der Waals surface area contributed by atoms with E-state index in [0.29, 0.717) is 0 Å². The minimum atomic E-state index is -1.65. The minimum absolute atomic E-state index is 0.108. The van der Waals surface area contributed by atoms with Crippen molar-refractivity contribution in [3.63, 3.8) is 0 Å². The third kappa shape index (κ3) is 2.29. The van der Waals surface area contributed by atoms with Gasteiger partial charge in [0.2, 0.25) is 5.54 Å². The predicted octanol–water partition coefficient (Wildman–Crippen LogP) is 0.658. The van der Waals surface area contributed by atoms with Crippen molar-refractivity contribution in [3.05, 3.63) is 12.3 Å². The lowest BCUT2D eigenvalue weighted by Gasteiger charge is -2.28. The fourth-order valence-corrected chi connectivity index (χ4v) is 1.24. The molecule has 5 heteroatoms. The maximum atomic E-state index is 11.7. The first-order valence-electron chi connectivity index (χ1n) is 4.67. The molecule has 0 aromatic rings. The van der Waals surface area contributed by atoms with Crippen molar-refractivity contribution >= 4 is 11.9 Å². The molecule has 0 aliphatic carbocycles. The molecular weight excluding hydrogens is 198 g/mol. The van der Waals surface area contributed by atoms with E-state index in [4.69, 9.17) is 9.84 Å². The fourth-order valence-electron chi connectivity index (χ4n) is 1.24. The summed E-state index contributed by atoms with van der Waals surface area (Å²) in [4.78, 5) is 22.8. The summed E-state index contributed by atoms with van der Waals surface area (Å²) in [6.45, 7) is 5.09. The molecule has 84 valence electrons. The van der Waals surface area contributed by atoms with Crippen molar-refractivity contribution < 1.29 is 19.4 Å². The van der Waals surface area contributed by atoms with Gasteiger partial charge >= 0.3 is 11.9 Å². The van der Waals surface area contributed by atoms with Gasteiger partial charge in [0.25, 0.3) is 0 Å². The van der Waals surface area contributed by atoms with E-state index in [1.54, 1.807) is 26.8 Å². The highest BCUT2D eigenvalue weighted by Gasteiger charge is 2.49. The number of carboxylic acid groups (broad SMARTS) is 1. The molecule has 0 amide bonds. The molecule has 0 fully saturated rings. The van der Waals surface area contributed by atoms with Crippen molar-refractivity contribution in [3.8, 4) is 0 Å². The highest BCUT2D eigenvalue weighted by molar-refractivity contribution is 6.05. The molecule has 0 spiro atoms. The van der Waals surface area contributed by atoms with Gasteiger partial charge in [0.15, 0.2) is 0 Å². The summed E-state index contributed by atoms with van der Waals surface area (Å²) in [5.41, 5.74) is -2.34. The van der Waals surface area contributed by atoms with Crippen LogP contribution in [0.5, 0.6) is 0 Å². The Labute approximate surface area is 88.1 Å². The lowest BCUT2D eigenvalue weighted by molar-refractivity contribution is -0.170. The van der Waals surface area contributed by atoms with Crippen LogP contribution in [-0.4, -0.2) is 28.2 Å². The summed E-state index contributed by atoms with van der Waals surface area (Å²) < 4.78 is 5.06. The lowest BCUT2D eigenvalue weighted by Crippen LogP contribution is -2.56. The Kier molecular flexibility index (Phi) is 2.75. The number of carbonyl (C=O) groups is 2. The molecule has 0 aromatic heterocycles. The minimum Gasteiger partial charge on any atom is -0.479 e. The Hall–Kier alpha value is -1.52. The van der Waals surface area contributed by atoms with Crippen LogP contribution in [0.3, 0.4) is 0 Å². The van der Waals surface area contributed by atoms with Crippen molar-refractivity contribution in [2.45, 2.75) is 38.3 Å². The third-order valence-electron chi connectivity index (χ3n) is 1.98. The van der Waals surface area contributed by atoms with E-state index in [1.165, 1.54) is 6.20 Å². The molecule has 1 rings (SSSR count). The van der Waals surface area contributed by atoms with E-state index in [-0.39, 0.29) is 6.42 Å². The van der Waals surface area contributed by atoms with Gasteiger partial charge in [0.05, 0.1) is 0 Å². The third-order valence-corrected chi connectivity index (χ3v) is 1.98. The smallest absolute Gasteiger partial charge is 0.344 e. The second kappa shape index (κ2) is 3.56. The summed E-state index contributed by atoms with van der Waals surface area (Å²) >= 11 is 0. The number of esters is 1. The lowest BCUT2D eigenvalue weighted by atomic mass is 9.98. The fraction of sp³-hybridized carbons (Fsp3) is 0.600. The molecule has 0 saturated carbocycles. The van der Waals surface area contributed by atoms with Crippen LogP contribution in [0.15, 0.2) is 12.3 Å². The second-order valence-corrected chi connectivity index (χ2v) is 4.46. The normalized spacial score (nSPS) is 24.7. The van der Waals surface area contributed by atoms with Crippen LogP contribution in [-0.2, 0) is 14.3 Å². The molecular formula is C10H15NO4. The number of rotatable bonds is 2. The molecule has 0 aromatic carbocycles. The Morgan fingerprint density at radius 2 is 2.07 bits per heavy atom. The second-order valence-electron chi connectivity index (χ2n) is 4.46. The zero-order valence-corrected chi connectivity index (χ0v) is 9.03. The standard InChI is InChI=1S/C10H15NO4/c1-9(2,3)15-8(14)10(7(12)13)5-4-6-11-10/h4,6,11H,5H2,1-3H3,(H,12,13). The van der Waals surface area contributed by atoms with E-state index in [2.05, 4.69) is 5.32 Å². The Bertz CT molecular complexity index is 306. The number of carbonyl (C=O) groups excluding carboxylic acids is 1. The first kappa shape index (κ1) is 11.6. The van der Waals surface area contributed by atoms with Crippen LogP contribution in [0.1, 0.15) is 27.2 Å². The monoisotopic (exact) mass is 213 g/mol. The largest absolute Gasteiger partial charge is 0.479 e. The number of nitrogens with one attached hydrogen (secondary N) is 1. The molecule has 1 aliphatic rings. The maximum absolute atomic E-state index is 11.7. The quantitative estimate of drug-likeness (QED) is 0.520. The number of carboxylic acids is 1. The Balaban J connectivity index is 2.83. The predicted molar refractivity (Wildman–Crippen MR) is 53.1 cm³/mol. The Morgan fingerprint density at radius 1 is 1.47 bits per heavy atom. The average Bonchev–Trinajstić information content (AvgIpc) is 2.48. The van der Waals surface area contributed by atoms with Crippen molar-refractivity contribution in [1.82, 2.24) is 5.32 Å². The molecule has 1 aliphatic heterocycles. The van der Waals surface area contributed by atoms with Gasteiger partial charge in [-0.3, -0.25) is 0 Å². The average molecular weight is 213 g/mol. The van der Waals surface area contributed by atoms with Gasteiger partial charge in [0.1, 0.15) is 5.60 Å². The zero-order chi connectivity index (χ0) is 11.7. The van der Waals surface area contributed by atoms with Crippen molar-refractivity contribution in [2.24, 2.45) is 0 Å². The van der Waals surface area contributed by atoms with Gasteiger partial charge < -0.3 is 15.2 Å². The van der Waals surface area contributed by atoms with E-state index in [0.717, 1.165) is 0 Å². The van der Waals surface area contributed by atoms with E-state index < -0.39 is 23.1 Å². The van der Waals surface area contributed by atoms with Gasteiger partial charge in [0, 0.05) is 6.42 Å². The number of hydrogen-bond acceptors (Lipinski definition) is 4. The first-order chi connectivity index (χ1) is 6.78. The highest BCUT2D eigenvalue weighted by atomic mass is 16.6. The molecule has 5 nitrogen and oxygen atoms in total. The van der Waals surface area contributed by atoms with E-state index >= 15 is 0 Å². The van der Waals surface area contributed by atoms with Crippen LogP contribution in [0, 0.1) is 0 Å². The molecule has 15 heavy (non-hydrogen) atoms. The number of ether oxygens (including phenoxy) is 1. The highest BCUT2D eigenvalue weighted by Crippen LogP contribution is 2.22. The first-order valence-corrected chi connectivity index (χ1v) is 4.67. The molecule has 1 unspecified atom stereocenters. The van der Waals surface area contributed by atoms with Crippen molar-refractivity contribution in [1.29, 1.82) is 0 Å². The van der Waals surface area contributed by atoms with Gasteiger partial charge in [-0.2, -0.15) is 0 Å². The molecule has 0 saturated heterocycles. The van der Waals surface area contributed by atoms with Crippen LogP contribution < -0.4 is 5.32 Å². The summed E-state index contributed by atoms with van der Waals surface area (Å²) in [5, 5.41) is 11.6. The summed E-state index contributed by atoms with van der Waals surface area (Å²) in [5.74, 6) is -1.98. The van der Waals surface area contributed by atoms with Gasteiger partial charge in [-0.15, -0.1) is 0 Å². The summed E-state index contributed by atoms with van der Waals surface area (Å²) in [7, 11) is 0. The summed E-state index contributed by atoms with van der Waals surface area (Å²) in [6.07, 6.45) is 3.16. The number of aliphatic carboxylic acids is 1. The van der Waals surface area contributed by atoms with Gasteiger partial charge in [-0.25, -0.2) is 9.59 Å². The molecule has 2 N–H and O–H groups in total. The van der Waals surface area contributed by atoms with Crippen LogP contribution in [0.25, 0.3) is 0 Å².